The van der Waals surface area contributed by atoms with E-state index in [1.54, 1.807) is 18.2 Å². The Hall–Kier alpha value is -2.50. The molecule has 37 heavy (non-hydrogen) atoms. The van der Waals surface area contributed by atoms with Crippen LogP contribution in [-0.2, 0) is 6.42 Å². The molecule has 1 aliphatic rings. The molecule has 0 bridgehead atoms. The van der Waals surface area contributed by atoms with Crippen molar-refractivity contribution < 1.29 is 9.90 Å². The molecule has 1 heterocycles. The second kappa shape index (κ2) is 14.4. The predicted octanol–water partition coefficient (Wildman–Crippen LogP) is 8.71. The molecule has 1 aliphatic heterocycles. The molecule has 0 saturated heterocycles. The number of aromatic hydroxyl groups is 1. The highest BCUT2D eigenvalue weighted by Crippen LogP contribution is 2.46. The fourth-order valence-electron chi connectivity index (χ4n) is 3.81. The van der Waals surface area contributed by atoms with Crippen molar-refractivity contribution in [3.63, 3.8) is 0 Å². The van der Waals surface area contributed by atoms with Crippen molar-refractivity contribution in [1.29, 1.82) is 0 Å². The number of phenols is 1. The van der Waals surface area contributed by atoms with E-state index in [0.29, 0.717) is 12.0 Å². The minimum Gasteiger partial charge on any atom is -0.508 e. The molecule has 0 saturated carbocycles. The molecule has 3 nitrogen and oxygen atoms in total. The van der Waals surface area contributed by atoms with Crippen LogP contribution in [0, 0.1) is 0 Å². The standard InChI is InChI=1S/C18H18ClNS.C13H16O2.ClH/c1-20(2)11-5-7-14-15-6-3-4-8-17(15)21-18-10-9-13(19)12-16(14)18;1-9(2)4-5-12-8-11(10(3)14)6-7-13(12)15;/h3-4,6-10,12H,5,11H2,1-2H3;4,6-8,15H,5H2,1-3H3;1H. The summed E-state index contributed by atoms with van der Waals surface area (Å²) in [5.41, 5.74) is 6.51. The van der Waals surface area contributed by atoms with Crippen molar-refractivity contribution in [3.8, 4) is 5.75 Å². The van der Waals surface area contributed by atoms with E-state index in [1.807, 2.05) is 37.8 Å². The molecule has 0 fully saturated rings. The van der Waals surface area contributed by atoms with Crippen LogP contribution in [-0.4, -0.2) is 36.4 Å². The predicted molar refractivity (Wildman–Crippen MR) is 161 cm³/mol. The third-order valence-corrected chi connectivity index (χ3v) is 7.16. The second-order valence-corrected chi connectivity index (χ2v) is 10.9. The topological polar surface area (TPSA) is 40.5 Å². The van der Waals surface area contributed by atoms with Gasteiger partial charge in [0.2, 0.25) is 0 Å². The van der Waals surface area contributed by atoms with E-state index in [2.05, 4.69) is 61.5 Å². The second-order valence-electron chi connectivity index (χ2n) is 9.33. The number of halogens is 2. The molecule has 3 aromatic carbocycles. The summed E-state index contributed by atoms with van der Waals surface area (Å²) in [7, 11) is 4.21. The van der Waals surface area contributed by atoms with Gasteiger partial charge in [0.1, 0.15) is 5.75 Å². The van der Waals surface area contributed by atoms with E-state index in [4.69, 9.17) is 11.6 Å². The Morgan fingerprint density at radius 2 is 1.68 bits per heavy atom. The summed E-state index contributed by atoms with van der Waals surface area (Å²) in [6, 6.07) is 19.7. The molecule has 0 radical (unpaired) electrons. The third-order valence-electron chi connectivity index (χ3n) is 5.77. The maximum absolute atomic E-state index is 11.1. The van der Waals surface area contributed by atoms with Crippen LogP contribution in [0.3, 0.4) is 0 Å². The normalized spacial score (nSPS) is 12.6. The highest BCUT2D eigenvalue weighted by Gasteiger charge is 2.20. The van der Waals surface area contributed by atoms with Gasteiger partial charge in [-0.1, -0.05) is 59.3 Å². The number of fused-ring (bicyclic) bond motifs is 2. The van der Waals surface area contributed by atoms with E-state index >= 15 is 0 Å². The lowest BCUT2D eigenvalue weighted by molar-refractivity contribution is 0.101. The molecule has 196 valence electrons. The lowest BCUT2D eigenvalue weighted by Gasteiger charge is -2.22. The Balaban J connectivity index is 0.000000268. The summed E-state index contributed by atoms with van der Waals surface area (Å²) >= 11 is 8.03. The average molecular weight is 557 g/mol. The van der Waals surface area contributed by atoms with Crippen LogP contribution in [0.1, 0.15) is 54.2 Å². The van der Waals surface area contributed by atoms with Gasteiger partial charge in [0.25, 0.3) is 0 Å². The van der Waals surface area contributed by atoms with Crippen molar-refractivity contribution in [2.45, 2.75) is 43.4 Å². The average Bonchev–Trinajstić information content (AvgIpc) is 2.83. The zero-order chi connectivity index (χ0) is 26.2. The maximum atomic E-state index is 11.1. The molecule has 0 atom stereocenters. The van der Waals surface area contributed by atoms with E-state index in [9.17, 15) is 9.90 Å². The summed E-state index contributed by atoms with van der Waals surface area (Å²) in [5, 5.41) is 10.4. The number of allylic oxidation sites excluding steroid dienone is 2. The van der Waals surface area contributed by atoms with Crippen LogP contribution in [0.15, 0.2) is 88.2 Å². The molecule has 0 spiro atoms. The summed E-state index contributed by atoms with van der Waals surface area (Å²) in [4.78, 5) is 16.0. The Morgan fingerprint density at radius 1 is 0.973 bits per heavy atom. The Bertz CT molecular complexity index is 1290. The fourth-order valence-corrected chi connectivity index (χ4v) is 5.07. The first kappa shape index (κ1) is 30.7. The van der Waals surface area contributed by atoms with Gasteiger partial charge in [-0.2, -0.15) is 0 Å². The Kier molecular flexibility index (Phi) is 12.0. The lowest BCUT2D eigenvalue weighted by Crippen LogP contribution is -2.12. The summed E-state index contributed by atoms with van der Waals surface area (Å²) < 4.78 is 0. The zero-order valence-electron chi connectivity index (χ0n) is 22.0. The summed E-state index contributed by atoms with van der Waals surface area (Å²) in [6.07, 6.45) is 6.06. The highest BCUT2D eigenvalue weighted by molar-refractivity contribution is 7.99. The van der Waals surface area contributed by atoms with Gasteiger partial charge in [0.05, 0.1) is 0 Å². The van der Waals surface area contributed by atoms with Crippen molar-refractivity contribution in [3.05, 3.63) is 106 Å². The van der Waals surface area contributed by atoms with Crippen molar-refractivity contribution in [2.75, 3.05) is 20.6 Å². The molecular weight excluding hydrogens is 521 g/mol. The number of carbonyl (C=O) groups is 1. The number of hydrogen-bond donors (Lipinski definition) is 1. The van der Waals surface area contributed by atoms with Gasteiger partial charge in [-0.3, -0.25) is 4.79 Å². The molecule has 1 N–H and O–H groups in total. The third kappa shape index (κ3) is 8.79. The van der Waals surface area contributed by atoms with Crippen molar-refractivity contribution in [1.82, 2.24) is 4.90 Å². The molecular formula is C31H35Cl2NO2S. The number of phenolic OH excluding ortho intramolecular Hbond substituents is 1. The van der Waals surface area contributed by atoms with Gasteiger partial charge < -0.3 is 10.0 Å². The van der Waals surface area contributed by atoms with Crippen LogP contribution in [0.25, 0.3) is 5.57 Å². The number of nitrogens with zero attached hydrogens (tertiary/aromatic N) is 1. The van der Waals surface area contributed by atoms with Gasteiger partial charge in [-0.15, -0.1) is 12.4 Å². The number of carbonyl (C=O) groups excluding carboxylic acids is 1. The van der Waals surface area contributed by atoms with E-state index < -0.39 is 0 Å². The summed E-state index contributed by atoms with van der Waals surface area (Å²) in [5.74, 6) is 0.269. The van der Waals surface area contributed by atoms with Gasteiger partial charge in [0, 0.05) is 26.9 Å². The van der Waals surface area contributed by atoms with Crippen molar-refractivity contribution >= 4 is 47.1 Å². The molecule has 0 unspecified atom stereocenters. The van der Waals surface area contributed by atoms with Crippen LogP contribution < -0.4 is 0 Å². The first-order valence-corrected chi connectivity index (χ1v) is 13.2. The van der Waals surface area contributed by atoms with Gasteiger partial charge in [-0.05, 0) is 112 Å². The first-order valence-electron chi connectivity index (χ1n) is 12.0. The van der Waals surface area contributed by atoms with Crippen LogP contribution in [0.5, 0.6) is 5.75 Å². The number of Topliss-reactive ketones (excluding diaryl/α,β-unsaturated/α-hetero) is 1. The molecule has 4 rings (SSSR count). The van der Waals surface area contributed by atoms with Crippen LogP contribution in [0.4, 0.5) is 0 Å². The maximum Gasteiger partial charge on any atom is 0.159 e. The molecule has 3 aromatic rings. The first-order chi connectivity index (χ1) is 17.2. The Labute approximate surface area is 236 Å². The minimum atomic E-state index is 0. The molecule has 0 aliphatic carbocycles. The smallest absolute Gasteiger partial charge is 0.159 e. The van der Waals surface area contributed by atoms with E-state index in [0.717, 1.165) is 23.6 Å². The minimum absolute atomic E-state index is 0. The SMILES string of the molecule is CC(=O)c1ccc(O)c(CC=C(C)C)c1.CN(C)CCC=C1c2ccccc2Sc2ccc(Cl)cc21.Cl. The summed E-state index contributed by atoms with van der Waals surface area (Å²) in [6.45, 7) is 6.59. The van der Waals surface area contributed by atoms with Crippen LogP contribution in [0.2, 0.25) is 5.02 Å². The molecule has 6 heteroatoms. The largest absolute Gasteiger partial charge is 0.508 e. The number of rotatable bonds is 6. The quantitative estimate of drug-likeness (QED) is 0.191. The Morgan fingerprint density at radius 3 is 2.35 bits per heavy atom. The van der Waals surface area contributed by atoms with E-state index in [1.165, 1.54) is 39.0 Å². The van der Waals surface area contributed by atoms with Crippen molar-refractivity contribution in [2.24, 2.45) is 0 Å². The monoisotopic (exact) mass is 555 g/mol. The van der Waals surface area contributed by atoms with Crippen LogP contribution >= 0.6 is 35.8 Å². The molecule has 0 aromatic heterocycles. The zero-order valence-corrected chi connectivity index (χ0v) is 24.4. The number of benzene rings is 3. The number of ketones is 1. The molecule has 0 amide bonds. The lowest BCUT2D eigenvalue weighted by atomic mass is 9.96. The van der Waals surface area contributed by atoms with Gasteiger partial charge in [0.15, 0.2) is 5.78 Å². The van der Waals surface area contributed by atoms with Gasteiger partial charge >= 0.3 is 0 Å². The fraction of sp³-hybridized carbons (Fsp3) is 0.258. The number of hydrogen-bond acceptors (Lipinski definition) is 4. The highest BCUT2D eigenvalue weighted by atomic mass is 35.5. The van der Waals surface area contributed by atoms with Gasteiger partial charge in [-0.25, -0.2) is 0 Å². The van der Waals surface area contributed by atoms with E-state index in [-0.39, 0.29) is 23.9 Å².